The van der Waals surface area contributed by atoms with Gasteiger partial charge in [-0.25, -0.2) is 0 Å². The van der Waals surface area contributed by atoms with E-state index < -0.39 is 0 Å². The fraction of sp³-hybridized carbons (Fsp3) is 0.571. The molecule has 0 aliphatic rings. The average molecular weight is 315 g/mol. The molecule has 0 spiro atoms. The minimum absolute atomic E-state index is 0.546. The molecule has 0 bridgehead atoms. The first-order chi connectivity index (χ1) is 10.3. The van der Waals surface area contributed by atoms with Gasteiger partial charge in [-0.05, 0) is 36.2 Å². The van der Waals surface area contributed by atoms with Crippen molar-refractivity contribution in [3.63, 3.8) is 0 Å². The average Bonchev–Trinajstić information content (AvgIpc) is 2.50. The lowest BCUT2D eigenvalue weighted by Crippen LogP contribution is -2.16. The number of anilines is 1. The zero-order chi connectivity index (χ0) is 15.2. The Balaban J connectivity index is 1.81. The summed E-state index contributed by atoms with van der Waals surface area (Å²) in [6, 6.07) is 7.73. The van der Waals surface area contributed by atoms with E-state index in [0.29, 0.717) is 46.2 Å². The second-order valence-electron chi connectivity index (χ2n) is 4.19. The molecule has 6 nitrogen and oxygen atoms in total. The predicted molar refractivity (Wildman–Crippen MR) is 86.2 cm³/mol. The molecule has 0 unspecified atom stereocenters. The van der Waals surface area contributed by atoms with Crippen molar-refractivity contribution < 1.29 is 14.2 Å². The van der Waals surface area contributed by atoms with E-state index in [1.165, 1.54) is 0 Å². The molecule has 0 aliphatic carbocycles. The predicted octanol–water partition coefficient (Wildman–Crippen LogP) is 0.874. The number of nitrogen functional groups attached to an aromatic ring is 1. The van der Waals surface area contributed by atoms with Crippen LogP contribution in [0.4, 0.5) is 5.69 Å². The SMILES string of the molecule is NCCOCCOCCOCCNSc1ccc(N)cc1. The molecule has 0 aromatic heterocycles. The van der Waals surface area contributed by atoms with Gasteiger partial charge in [0.25, 0.3) is 0 Å². The number of nitrogens with two attached hydrogens (primary N) is 2. The molecule has 0 atom stereocenters. The fourth-order valence-corrected chi connectivity index (χ4v) is 2.03. The molecule has 1 rings (SSSR count). The Morgan fingerprint density at radius 3 is 2.05 bits per heavy atom. The van der Waals surface area contributed by atoms with Crippen LogP contribution in [0.15, 0.2) is 29.2 Å². The lowest BCUT2D eigenvalue weighted by Gasteiger charge is -2.07. The molecule has 0 saturated carbocycles. The van der Waals surface area contributed by atoms with Gasteiger partial charge in [-0.15, -0.1) is 0 Å². The van der Waals surface area contributed by atoms with Gasteiger partial charge in [0, 0.05) is 23.7 Å². The van der Waals surface area contributed by atoms with Gasteiger partial charge in [0.2, 0.25) is 0 Å². The second kappa shape index (κ2) is 12.9. The molecule has 5 N–H and O–H groups in total. The molecule has 0 fully saturated rings. The minimum atomic E-state index is 0.546. The summed E-state index contributed by atoms with van der Waals surface area (Å²) < 4.78 is 19.2. The normalized spacial score (nSPS) is 10.9. The van der Waals surface area contributed by atoms with Crippen LogP contribution >= 0.6 is 11.9 Å². The van der Waals surface area contributed by atoms with Gasteiger partial charge in [-0.3, -0.25) is 4.72 Å². The summed E-state index contributed by atoms with van der Waals surface area (Å²) in [5.74, 6) is 0. The van der Waals surface area contributed by atoms with E-state index in [0.717, 1.165) is 17.1 Å². The monoisotopic (exact) mass is 315 g/mol. The zero-order valence-electron chi connectivity index (χ0n) is 12.3. The van der Waals surface area contributed by atoms with Crippen molar-refractivity contribution >= 4 is 17.6 Å². The van der Waals surface area contributed by atoms with Crippen LogP contribution in [0.25, 0.3) is 0 Å². The summed E-state index contributed by atoms with van der Waals surface area (Å²) in [5.41, 5.74) is 11.7. The van der Waals surface area contributed by atoms with Crippen LogP contribution < -0.4 is 16.2 Å². The van der Waals surface area contributed by atoms with Crippen LogP contribution in [-0.4, -0.2) is 52.7 Å². The Bertz CT molecular complexity index is 352. The Hall–Kier alpha value is -0.830. The van der Waals surface area contributed by atoms with Crippen LogP contribution in [0.1, 0.15) is 0 Å². The number of rotatable bonds is 13. The number of nitrogens with one attached hydrogen (secondary N) is 1. The molecule has 0 amide bonds. The summed E-state index contributed by atoms with van der Waals surface area (Å²) in [5, 5.41) is 0. The molecule has 21 heavy (non-hydrogen) atoms. The number of hydrogen-bond acceptors (Lipinski definition) is 7. The van der Waals surface area contributed by atoms with E-state index in [4.69, 9.17) is 25.7 Å². The molecule has 0 heterocycles. The van der Waals surface area contributed by atoms with Gasteiger partial charge in [0.1, 0.15) is 0 Å². The Labute approximate surface area is 130 Å². The van der Waals surface area contributed by atoms with E-state index in [2.05, 4.69) is 4.72 Å². The maximum Gasteiger partial charge on any atom is 0.0701 e. The molecule has 7 heteroatoms. The number of hydrogen-bond donors (Lipinski definition) is 3. The molecule has 0 radical (unpaired) electrons. The summed E-state index contributed by atoms with van der Waals surface area (Å²) >= 11 is 1.57. The van der Waals surface area contributed by atoms with Gasteiger partial charge in [0.15, 0.2) is 0 Å². The minimum Gasteiger partial charge on any atom is -0.399 e. The largest absolute Gasteiger partial charge is 0.399 e. The lowest BCUT2D eigenvalue weighted by molar-refractivity contribution is 0.0172. The molecule has 1 aromatic carbocycles. The highest BCUT2D eigenvalue weighted by molar-refractivity contribution is 7.97. The molecule has 0 saturated heterocycles. The first-order valence-electron chi connectivity index (χ1n) is 7.01. The van der Waals surface area contributed by atoms with Crippen molar-refractivity contribution in [2.45, 2.75) is 4.90 Å². The fourth-order valence-electron chi connectivity index (χ4n) is 1.41. The van der Waals surface area contributed by atoms with Gasteiger partial charge >= 0.3 is 0 Å². The quantitative estimate of drug-likeness (QED) is 0.283. The molecular formula is C14H25N3O3S. The van der Waals surface area contributed by atoms with Crippen LogP contribution in [-0.2, 0) is 14.2 Å². The lowest BCUT2D eigenvalue weighted by atomic mass is 10.3. The third-order valence-electron chi connectivity index (χ3n) is 2.42. The highest BCUT2D eigenvalue weighted by Gasteiger charge is 1.94. The summed E-state index contributed by atoms with van der Waals surface area (Å²) in [6.07, 6.45) is 0. The van der Waals surface area contributed by atoms with E-state index in [-0.39, 0.29) is 0 Å². The Kier molecular flexibility index (Phi) is 11.2. The first kappa shape index (κ1) is 18.2. The summed E-state index contributed by atoms with van der Waals surface area (Å²) in [7, 11) is 0. The molecular weight excluding hydrogens is 290 g/mol. The second-order valence-corrected chi connectivity index (χ2v) is 5.16. The van der Waals surface area contributed by atoms with Crippen molar-refractivity contribution in [2.75, 3.05) is 58.5 Å². The molecule has 0 aliphatic heterocycles. The smallest absolute Gasteiger partial charge is 0.0701 e. The summed E-state index contributed by atoms with van der Waals surface area (Å²) in [4.78, 5) is 1.13. The maximum atomic E-state index is 5.62. The van der Waals surface area contributed by atoms with Crippen molar-refractivity contribution in [3.8, 4) is 0 Å². The van der Waals surface area contributed by atoms with E-state index in [9.17, 15) is 0 Å². The van der Waals surface area contributed by atoms with Crippen molar-refractivity contribution in [3.05, 3.63) is 24.3 Å². The molecule has 1 aromatic rings. The van der Waals surface area contributed by atoms with Crippen molar-refractivity contribution in [1.82, 2.24) is 4.72 Å². The highest BCUT2D eigenvalue weighted by atomic mass is 32.2. The Morgan fingerprint density at radius 2 is 1.43 bits per heavy atom. The highest BCUT2D eigenvalue weighted by Crippen LogP contribution is 2.15. The van der Waals surface area contributed by atoms with Gasteiger partial charge in [-0.1, -0.05) is 0 Å². The number of benzene rings is 1. The van der Waals surface area contributed by atoms with E-state index >= 15 is 0 Å². The first-order valence-corrected chi connectivity index (χ1v) is 7.83. The Morgan fingerprint density at radius 1 is 0.857 bits per heavy atom. The van der Waals surface area contributed by atoms with Crippen LogP contribution in [0, 0.1) is 0 Å². The van der Waals surface area contributed by atoms with Crippen molar-refractivity contribution in [2.24, 2.45) is 5.73 Å². The van der Waals surface area contributed by atoms with E-state index in [1.54, 1.807) is 11.9 Å². The zero-order valence-corrected chi connectivity index (χ0v) is 13.1. The van der Waals surface area contributed by atoms with Crippen LogP contribution in [0.5, 0.6) is 0 Å². The third kappa shape index (κ3) is 10.5. The standard InChI is InChI=1S/C14H25N3O3S/c15-5-7-18-9-11-20-12-10-19-8-6-17-21-14-3-1-13(16)2-4-14/h1-4,17H,5-12,15-16H2. The van der Waals surface area contributed by atoms with Crippen LogP contribution in [0.3, 0.4) is 0 Å². The van der Waals surface area contributed by atoms with Gasteiger partial charge in [-0.2, -0.15) is 0 Å². The van der Waals surface area contributed by atoms with Crippen molar-refractivity contribution in [1.29, 1.82) is 0 Å². The third-order valence-corrected chi connectivity index (χ3v) is 3.28. The molecule has 120 valence electrons. The number of ether oxygens (including phenoxy) is 3. The maximum absolute atomic E-state index is 5.62. The van der Waals surface area contributed by atoms with Gasteiger partial charge in [0.05, 0.1) is 39.6 Å². The summed E-state index contributed by atoms with van der Waals surface area (Å²) in [6.45, 7) is 4.87. The van der Waals surface area contributed by atoms with Gasteiger partial charge < -0.3 is 25.7 Å². The van der Waals surface area contributed by atoms with Crippen LogP contribution in [0.2, 0.25) is 0 Å². The van der Waals surface area contributed by atoms with E-state index in [1.807, 2.05) is 24.3 Å². The topological polar surface area (TPSA) is 91.8 Å².